The second kappa shape index (κ2) is 7.57. The van der Waals surface area contributed by atoms with Crippen LogP contribution < -0.4 is 16.2 Å². The molecule has 2 amide bonds. The molecule has 1 heterocycles. The molecule has 5 atom stereocenters. The van der Waals surface area contributed by atoms with E-state index >= 15 is 0 Å². The molecular formula is C20H22FN3O5. The number of H-pyrrole nitrogens is 1. The Hall–Kier alpha value is -2.78. The van der Waals surface area contributed by atoms with Crippen molar-refractivity contribution >= 4 is 22.7 Å². The van der Waals surface area contributed by atoms with Crippen molar-refractivity contribution in [2.75, 3.05) is 13.1 Å². The maximum atomic E-state index is 13.2. The molecule has 1 aromatic heterocycles. The second-order valence-corrected chi connectivity index (χ2v) is 7.77. The van der Waals surface area contributed by atoms with Crippen LogP contribution >= 0.6 is 0 Å². The van der Waals surface area contributed by atoms with Gasteiger partial charge in [-0.05, 0) is 54.3 Å². The number of nitrogens with one attached hydrogen (secondary N) is 3. The lowest BCUT2D eigenvalue weighted by atomic mass is 9.84. The first-order valence-electron chi connectivity index (χ1n) is 9.60. The normalized spacial score (nSPS) is 27.9. The van der Waals surface area contributed by atoms with Crippen LogP contribution in [0, 0.1) is 23.6 Å². The van der Waals surface area contributed by atoms with Crippen molar-refractivity contribution < 1.29 is 24.2 Å². The van der Waals surface area contributed by atoms with E-state index in [1.807, 2.05) is 0 Å². The van der Waals surface area contributed by atoms with Crippen LogP contribution in [-0.4, -0.2) is 52.3 Å². The third-order valence-electron chi connectivity index (χ3n) is 6.02. The van der Waals surface area contributed by atoms with Crippen LogP contribution in [0.2, 0.25) is 0 Å². The molecule has 2 saturated carbocycles. The number of hydrogen-bond acceptors (Lipinski definition) is 5. The molecule has 5 N–H and O–H groups in total. The van der Waals surface area contributed by atoms with Gasteiger partial charge in [0.15, 0.2) is 0 Å². The number of aliphatic hydroxyl groups excluding tert-OH is 2. The van der Waals surface area contributed by atoms with Crippen molar-refractivity contribution in [1.29, 1.82) is 0 Å². The number of amides is 2. The number of halogens is 1. The molecule has 0 saturated heterocycles. The van der Waals surface area contributed by atoms with Gasteiger partial charge in [0.1, 0.15) is 11.4 Å². The number of aromatic amines is 1. The van der Waals surface area contributed by atoms with Crippen LogP contribution in [0.4, 0.5) is 4.39 Å². The third-order valence-corrected chi connectivity index (χ3v) is 6.02. The molecule has 0 unspecified atom stereocenters. The minimum absolute atomic E-state index is 0.0430. The van der Waals surface area contributed by atoms with E-state index in [0.717, 1.165) is 0 Å². The Morgan fingerprint density at radius 1 is 1.10 bits per heavy atom. The fraction of sp³-hybridized carbons (Fsp3) is 0.450. The Labute approximate surface area is 165 Å². The lowest BCUT2D eigenvalue weighted by molar-refractivity contribution is -0.130. The zero-order chi connectivity index (χ0) is 20.7. The molecule has 2 aromatic rings. The van der Waals surface area contributed by atoms with Gasteiger partial charge in [-0.1, -0.05) is 0 Å². The van der Waals surface area contributed by atoms with E-state index in [-0.39, 0.29) is 42.3 Å². The number of pyridine rings is 1. The molecule has 1 aromatic carbocycles. The minimum Gasteiger partial charge on any atom is -0.390 e. The van der Waals surface area contributed by atoms with E-state index in [4.69, 9.17) is 0 Å². The van der Waals surface area contributed by atoms with Crippen LogP contribution in [0.5, 0.6) is 0 Å². The van der Waals surface area contributed by atoms with Crippen molar-refractivity contribution in [3.8, 4) is 0 Å². The first-order valence-corrected chi connectivity index (χ1v) is 9.60. The number of hydrogen-bond donors (Lipinski definition) is 5. The van der Waals surface area contributed by atoms with E-state index in [9.17, 15) is 29.0 Å². The summed E-state index contributed by atoms with van der Waals surface area (Å²) in [6.07, 6.45) is -0.419. The molecule has 4 rings (SSSR count). The highest BCUT2D eigenvalue weighted by atomic mass is 19.1. The fourth-order valence-electron chi connectivity index (χ4n) is 4.53. The summed E-state index contributed by atoms with van der Waals surface area (Å²) in [6.45, 7) is 0.297. The lowest BCUT2D eigenvalue weighted by Gasteiger charge is -2.28. The summed E-state index contributed by atoms with van der Waals surface area (Å²) in [5.41, 5.74) is -0.420. The zero-order valence-electron chi connectivity index (χ0n) is 15.5. The number of benzene rings is 1. The van der Waals surface area contributed by atoms with Gasteiger partial charge in [-0.3, -0.25) is 14.4 Å². The third kappa shape index (κ3) is 3.63. The highest BCUT2D eigenvalue weighted by molar-refractivity contribution is 5.97. The quantitative estimate of drug-likeness (QED) is 0.445. The van der Waals surface area contributed by atoms with Crippen molar-refractivity contribution in [3.63, 3.8) is 0 Å². The standard InChI is InChI=1S/C20H22FN3O5/c21-11-2-1-9-5-14(20(29)24-15(9)8-11)19(28)23-4-3-22-18(27)13-7-10-6-12(13)17(26)16(10)25/h1-2,5,8,10,12-13,16-17,25-26H,3-4,6-7H2,(H,22,27)(H,23,28)(H,24,29)/t10-,12+,13-,16-,17+/m0/s1. The average Bonchev–Trinajstić information content (AvgIpc) is 3.24. The molecule has 2 bridgehead atoms. The molecule has 0 spiro atoms. The molecule has 8 nitrogen and oxygen atoms in total. The molecule has 2 aliphatic carbocycles. The highest BCUT2D eigenvalue weighted by Crippen LogP contribution is 2.48. The Morgan fingerprint density at radius 2 is 1.86 bits per heavy atom. The molecule has 2 fully saturated rings. The highest BCUT2D eigenvalue weighted by Gasteiger charge is 2.53. The number of fused-ring (bicyclic) bond motifs is 3. The van der Waals surface area contributed by atoms with Gasteiger partial charge in [0.25, 0.3) is 11.5 Å². The number of carbonyl (C=O) groups is 2. The van der Waals surface area contributed by atoms with Crippen LogP contribution in [0.1, 0.15) is 23.2 Å². The number of carbonyl (C=O) groups excluding carboxylic acids is 2. The van der Waals surface area contributed by atoms with Gasteiger partial charge in [0.2, 0.25) is 5.91 Å². The number of aromatic nitrogens is 1. The summed E-state index contributed by atoms with van der Waals surface area (Å²) < 4.78 is 13.2. The molecule has 2 aliphatic rings. The summed E-state index contributed by atoms with van der Waals surface area (Å²) in [5, 5.41) is 25.6. The Balaban J connectivity index is 1.30. The van der Waals surface area contributed by atoms with E-state index in [1.54, 1.807) is 0 Å². The van der Waals surface area contributed by atoms with E-state index in [0.29, 0.717) is 23.7 Å². The molecule has 29 heavy (non-hydrogen) atoms. The fourth-order valence-corrected chi connectivity index (χ4v) is 4.53. The molecule has 0 radical (unpaired) electrons. The summed E-state index contributed by atoms with van der Waals surface area (Å²) in [5.74, 6) is -1.89. The van der Waals surface area contributed by atoms with E-state index in [2.05, 4.69) is 15.6 Å². The Bertz CT molecular complexity index is 1020. The van der Waals surface area contributed by atoms with Crippen molar-refractivity contribution in [2.24, 2.45) is 17.8 Å². The second-order valence-electron chi connectivity index (χ2n) is 7.77. The van der Waals surface area contributed by atoms with Crippen molar-refractivity contribution in [3.05, 3.63) is 46.0 Å². The average molecular weight is 403 g/mol. The van der Waals surface area contributed by atoms with Crippen LogP contribution in [0.15, 0.2) is 29.1 Å². The molecule has 9 heteroatoms. The number of rotatable bonds is 5. The Kier molecular flexibility index (Phi) is 5.10. The number of aliphatic hydroxyl groups is 2. The van der Waals surface area contributed by atoms with Crippen molar-refractivity contribution in [2.45, 2.75) is 25.0 Å². The van der Waals surface area contributed by atoms with Gasteiger partial charge < -0.3 is 25.8 Å². The van der Waals surface area contributed by atoms with Gasteiger partial charge in [-0.25, -0.2) is 4.39 Å². The summed E-state index contributed by atoms with van der Waals surface area (Å²) >= 11 is 0. The summed E-state index contributed by atoms with van der Waals surface area (Å²) in [6, 6.07) is 5.28. The topological polar surface area (TPSA) is 132 Å². The first kappa shape index (κ1) is 19.5. The van der Waals surface area contributed by atoms with Gasteiger partial charge in [-0.2, -0.15) is 0 Å². The predicted molar refractivity (Wildman–Crippen MR) is 102 cm³/mol. The molecular weight excluding hydrogens is 381 g/mol. The predicted octanol–water partition coefficient (Wildman–Crippen LogP) is -0.109. The van der Waals surface area contributed by atoms with E-state index in [1.165, 1.54) is 24.3 Å². The zero-order valence-corrected chi connectivity index (χ0v) is 15.5. The van der Waals surface area contributed by atoms with Gasteiger partial charge in [-0.15, -0.1) is 0 Å². The first-order chi connectivity index (χ1) is 13.8. The summed E-state index contributed by atoms with van der Waals surface area (Å²) in [7, 11) is 0. The minimum atomic E-state index is -0.864. The van der Waals surface area contributed by atoms with Gasteiger partial charge >= 0.3 is 0 Å². The Morgan fingerprint density at radius 3 is 2.59 bits per heavy atom. The largest absolute Gasteiger partial charge is 0.390 e. The van der Waals surface area contributed by atoms with Gasteiger partial charge in [0.05, 0.1) is 17.7 Å². The monoisotopic (exact) mass is 403 g/mol. The van der Waals surface area contributed by atoms with Crippen LogP contribution in [0.25, 0.3) is 10.9 Å². The van der Waals surface area contributed by atoms with Crippen LogP contribution in [0.3, 0.4) is 0 Å². The van der Waals surface area contributed by atoms with Crippen LogP contribution in [-0.2, 0) is 4.79 Å². The lowest BCUT2D eigenvalue weighted by Crippen LogP contribution is -2.44. The maximum absolute atomic E-state index is 13.2. The van der Waals surface area contributed by atoms with Gasteiger partial charge in [0, 0.05) is 19.0 Å². The summed E-state index contributed by atoms with van der Waals surface area (Å²) in [4.78, 5) is 39.2. The van der Waals surface area contributed by atoms with E-state index < -0.39 is 29.5 Å². The smallest absolute Gasteiger partial charge is 0.261 e. The molecule has 154 valence electrons. The van der Waals surface area contributed by atoms with Crippen molar-refractivity contribution in [1.82, 2.24) is 15.6 Å². The maximum Gasteiger partial charge on any atom is 0.261 e. The SMILES string of the molecule is O=C(NCCNC(=O)[C@H]1C[C@@H]2C[C@H]1[C@@H](O)[C@H]2O)c1cc2ccc(F)cc2[nH]c1=O. The molecule has 0 aliphatic heterocycles.